The minimum absolute atomic E-state index is 0.107. The van der Waals surface area contributed by atoms with Gasteiger partial charge < -0.3 is 20.7 Å². The van der Waals surface area contributed by atoms with Crippen LogP contribution in [0.1, 0.15) is 45.6 Å². The number of anilines is 1. The van der Waals surface area contributed by atoms with Crippen LogP contribution in [0.25, 0.3) is 0 Å². The zero-order valence-electron chi connectivity index (χ0n) is 20.5. The van der Waals surface area contributed by atoms with E-state index in [4.69, 9.17) is 10.5 Å². The van der Waals surface area contributed by atoms with E-state index in [9.17, 15) is 13.6 Å². The summed E-state index contributed by atoms with van der Waals surface area (Å²) >= 11 is 0. The van der Waals surface area contributed by atoms with Crippen LogP contribution >= 0.6 is 0 Å². The Balaban J connectivity index is 1.38. The van der Waals surface area contributed by atoms with Gasteiger partial charge in [0.05, 0.1) is 17.4 Å². The van der Waals surface area contributed by atoms with E-state index >= 15 is 0 Å². The number of ether oxygens (including phenoxy) is 1. The number of halogens is 2. The van der Waals surface area contributed by atoms with E-state index in [0.29, 0.717) is 23.9 Å². The summed E-state index contributed by atoms with van der Waals surface area (Å²) in [5.41, 5.74) is 9.00. The number of nitrogens with zero attached hydrogens (tertiary/aromatic N) is 2. The van der Waals surface area contributed by atoms with Gasteiger partial charge in [0.25, 0.3) is 5.91 Å². The molecule has 8 heteroatoms. The average molecular weight is 495 g/mol. The number of hydrogen-bond acceptors (Lipinski definition) is 5. The second kappa shape index (κ2) is 12.1. The summed E-state index contributed by atoms with van der Waals surface area (Å²) in [5, 5.41) is 2.95. The molecule has 2 aromatic carbocycles. The van der Waals surface area contributed by atoms with Gasteiger partial charge in [0, 0.05) is 57.2 Å². The summed E-state index contributed by atoms with van der Waals surface area (Å²) in [4.78, 5) is 18.7. The monoisotopic (exact) mass is 494 g/mol. The van der Waals surface area contributed by atoms with Gasteiger partial charge in [0.1, 0.15) is 11.6 Å². The largest absolute Gasteiger partial charge is 0.381 e. The first-order chi connectivity index (χ1) is 17.4. The maximum absolute atomic E-state index is 14.0. The molecule has 1 aromatic heterocycles. The minimum atomic E-state index is -0.665. The van der Waals surface area contributed by atoms with Crippen LogP contribution in [0.4, 0.5) is 14.5 Å². The van der Waals surface area contributed by atoms with Crippen LogP contribution in [-0.2, 0) is 24.1 Å². The lowest BCUT2D eigenvalue weighted by atomic mass is 10.0. The molecular weight excluding hydrogens is 462 g/mol. The Labute approximate surface area is 210 Å². The van der Waals surface area contributed by atoms with Crippen molar-refractivity contribution in [3.63, 3.8) is 0 Å². The maximum atomic E-state index is 14.0. The van der Waals surface area contributed by atoms with Crippen molar-refractivity contribution in [2.75, 3.05) is 32.1 Å². The smallest absolute Gasteiger partial charge is 0.252 e. The number of likely N-dealkylation sites (tertiary alicyclic amines) is 1. The summed E-state index contributed by atoms with van der Waals surface area (Å²) in [7, 11) is 1.79. The quantitative estimate of drug-likeness (QED) is 0.439. The highest BCUT2D eigenvalue weighted by Crippen LogP contribution is 2.21. The number of rotatable bonds is 10. The van der Waals surface area contributed by atoms with Gasteiger partial charge in [0.2, 0.25) is 0 Å². The molecule has 3 aromatic rings. The second-order valence-corrected chi connectivity index (χ2v) is 9.16. The number of nitrogens with one attached hydrogen (secondary N) is 1. The highest BCUT2D eigenvalue weighted by atomic mass is 19.1. The fraction of sp³-hybridized carbons (Fsp3) is 0.357. The highest BCUT2D eigenvalue weighted by molar-refractivity contribution is 5.98. The van der Waals surface area contributed by atoms with Crippen LogP contribution in [0.5, 0.6) is 0 Å². The summed E-state index contributed by atoms with van der Waals surface area (Å²) in [6.45, 7) is 3.05. The molecule has 0 atom stereocenters. The molecule has 0 unspecified atom stereocenters. The highest BCUT2D eigenvalue weighted by Gasteiger charge is 2.18. The van der Waals surface area contributed by atoms with E-state index in [1.54, 1.807) is 13.2 Å². The third-order valence-electron chi connectivity index (χ3n) is 6.74. The molecule has 0 bridgehead atoms. The fourth-order valence-corrected chi connectivity index (χ4v) is 4.51. The van der Waals surface area contributed by atoms with Crippen LogP contribution in [0, 0.1) is 11.6 Å². The number of carbonyl (C=O) groups excluding carboxylic acids is 1. The Bertz CT molecular complexity index is 1160. The Morgan fingerprint density at radius 2 is 1.78 bits per heavy atom. The summed E-state index contributed by atoms with van der Waals surface area (Å²) < 4.78 is 33.5. The Morgan fingerprint density at radius 3 is 2.42 bits per heavy atom. The van der Waals surface area contributed by atoms with Gasteiger partial charge in [-0.25, -0.2) is 8.78 Å². The van der Waals surface area contributed by atoms with Crippen LogP contribution in [0.3, 0.4) is 0 Å². The topological polar surface area (TPSA) is 80.5 Å². The summed E-state index contributed by atoms with van der Waals surface area (Å²) in [6, 6.07) is 13.8. The number of pyridine rings is 1. The minimum Gasteiger partial charge on any atom is -0.381 e. The molecule has 4 rings (SSSR count). The molecule has 1 amide bonds. The number of aromatic nitrogens is 1. The molecule has 1 saturated heterocycles. The van der Waals surface area contributed by atoms with Crippen molar-refractivity contribution in [2.24, 2.45) is 5.73 Å². The Morgan fingerprint density at radius 1 is 1.11 bits per heavy atom. The first-order valence-electron chi connectivity index (χ1n) is 12.2. The molecule has 1 aliphatic heterocycles. The van der Waals surface area contributed by atoms with E-state index < -0.39 is 17.5 Å². The van der Waals surface area contributed by atoms with Crippen LogP contribution in [0.15, 0.2) is 54.7 Å². The predicted molar refractivity (Wildman–Crippen MR) is 136 cm³/mol. The van der Waals surface area contributed by atoms with Gasteiger partial charge in [-0.15, -0.1) is 0 Å². The molecule has 0 spiro atoms. The number of primary amides is 1. The number of piperidine rings is 1. The van der Waals surface area contributed by atoms with Crippen molar-refractivity contribution >= 4 is 11.6 Å². The Hall–Kier alpha value is -3.36. The molecule has 3 N–H and O–H groups in total. The Kier molecular flexibility index (Phi) is 8.61. The zero-order chi connectivity index (χ0) is 25.5. The number of hydrogen-bond donors (Lipinski definition) is 2. The molecular formula is C28H32F2N4O2. The second-order valence-electron chi connectivity index (χ2n) is 9.16. The number of methoxy groups -OCH3 is 1. The van der Waals surface area contributed by atoms with Crippen LogP contribution in [0.2, 0.25) is 0 Å². The van der Waals surface area contributed by atoms with E-state index in [1.165, 1.54) is 30.0 Å². The lowest BCUT2D eigenvalue weighted by Crippen LogP contribution is -2.37. The number of amides is 1. The standard InChI is InChI=1S/C28H32F2N4O2/c1-36-22-10-13-34(14-11-22)12-9-19-5-7-20(8-6-19)15-21-16-27(24(18-32-21)28(31)35)33-17-23-25(29)3-2-4-26(23)30/h2-8,16,18,22H,9-15,17H2,1H3,(H2,31,35)(H,32,33). The van der Waals surface area contributed by atoms with Crippen LogP contribution < -0.4 is 11.1 Å². The molecule has 0 radical (unpaired) electrons. The van der Waals surface area contributed by atoms with Crippen molar-refractivity contribution in [3.8, 4) is 0 Å². The van der Waals surface area contributed by atoms with Gasteiger partial charge in [-0.2, -0.15) is 0 Å². The maximum Gasteiger partial charge on any atom is 0.252 e. The molecule has 6 nitrogen and oxygen atoms in total. The molecule has 1 fully saturated rings. The first kappa shape index (κ1) is 25.7. The van der Waals surface area contributed by atoms with Crippen molar-refractivity contribution < 1.29 is 18.3 Å². The van der Waals surface area contributed by atoms with Crippen molar-refractivity contribution in [3.05, 3.63) is 94.3 Å². The molecule has 1 aliphatic rings. The van der Waals surface area contributed by atoms with E-state index in [2.05, 4.69) is 39.5 Å². The third-order valence-corrected chi connectivity index (χ3v) is 6.74. The number of nitrogens with two attached hydrogens (primary N) is 1. The van der Waals surface area contributed by atoms with Gasteiger partial charge >= 0.3 is 0 Å². The van der Waals surface area contributed by atoms with E-state index in [-0.39, 0.29) is 17.7 Å². The zero-order valence-corrected chi connectivity index (χ0v) is 20.5. The van der Waals surface area contributed by atoms with Gasteiger partial charge in [-0.3, -0.25) is 9.78 Å². The normalized spacial score (nSPS) is 14.6. The summed E-state index contributed by atoms with van der Waals surface area (Å²) in [5.74, 6) is -1.98. The molecule has 0 aliphatic carbocycles. The average Bonchev–Trinajstić information content (AvgIpc) is 2.88. The molecule has 36 heavy (non-hydrogen) atoms. The summed E-state index contributed by atoms with van der Waals surface area (Å²) in [6.07, 6.45) is 5.50. The SMILES string of the molecule is COC1CCN(CCc2ccc(Cc3cc(NCc4c(F)cccc4F)c(C(N)=O)cn3)cc2)CC1. The first-order valence-corrected chi connectivity index (χ1v) is 12.2. The van der Waals surface area contributed by atoms with Crippen LogP contribution in [-0.4, -0.2) is 48.6 Å². The van der Waals surface area contributed by atoms with Crippen molar-refractivity contribution in [1.82, 2.24) is 9.88 Å². The molecule has 0 saturated carbocycles. The van der Waals surface area contributed by atoms with Crippen molar-refractivity contribution in [2.45, 2.75) is 38.3 Å². The molecule has 2 heterocycles. The molecule has 190 valence electrons. The fourth-order valence-electron chi connectivity index (χ4n) is 4.51. The number of benzene rings is 2. The van der Waals surface area contributed by atoms with Crippen molar-refractivity contribution in [1.29, 1.82) is 0 Å². The lowest BCUT2D eigenvalue weighted by molar-refractivity contribution is 0.0415. The van der Waals surface area contributed by atoms with Gasteiger partial charge in [-0.1, -0.05) is 30.3 Å². The number of carbonyl (C=O) groups is 1. The van der Waals surface area contributed by atoms with Gasteiger partial charge in [-0.05, 0) is 48.6 Å². The van der Waals surface area contributed by atoms with E-state index in [1.807, 2.05) is 0 Å². The predicted octanol–water partition coefficient (Wildman–Crippen LogP) is 4.31. The van der Waals surface area contributed by atoms with Gasteiger partial charge in [0.15, 0.2) is 0 Å². The lowest BCUT2D eigenvalue weighted by Gasteiger charge is -2.31. The third kappa shape index (κ3) is 6.65. The van der Waals surface area contributed by atoms with E-state index in [0.717, 1.165) is 44.5 Å².